The van der Waals surface area contributed by atoms with Crippen LogP contribution in [0.1, 0.15) is 12.7 Å². The van der Waals surface area contributed by atoms with Crippen LogP contribution in [-0.2, 0) is 11.2 Å². The molecule has 0 spiro atoms. The molecule has 2 aromatic carbocycles. The van der Waals surface area contributed by atoms with Crippen molar-refractivity contribution in [2.45, 2.75) is 19.4 Å². The summed E-state index contributed by atoms with van der Waals surface area (Å²) in [6.45, 7) is 2.21. The molecule has 2 N–H and O–H groups in total. The highest BCUT2D eigenvalue weighted by Gasteiger charge is 2.14. The Morgan fingerprint density at radius 3 is 2.75 bits per heavy atom. The summed E-state index contributed by atoms with van der Waals surface area (Å²) in [4.78, 5) is 19.8. The van der Waals surface area contributed by atoms with E-state index in [0.29, 0.717) is 23.7 Å². The van der Waals surface area contributed by atoms with E-state index in [-0.39, 0.29) is 5.91 Å². The van der Waals surface area contributed by atoms with Gasteiger partial charge in [0.05, 0.1) is 11.0 Å². The fourth-order valence-corrected chi connectivity index (χ4v) is 2.47. The second-order valence-electron chi connectivity index (χ2n) is 5.46. The first kappa shape index (κ1) is 16.3. The van der Waals surface area contributed by atoms with Gasteiger partial charge in [0.25, 0.3) is 5.91 Å². The highest BCUT2D eigenvalue weighted by Crippen LogP contribution is 2.16. The first-order chi connectivity index (χ1) is 11.6. The summed E-state index contributed by atoms with van der Waals surface area (Å²) < 4.78 is 5.59. The molecule has 124 valence electrons. The van der Waals surface area contributed by atoms with Crippen molar-refractivity contribution in [2.24, 2.45) is 0 Å². The summed E-state index contributed by atoms with van der Waals surface area (Å²) in [5.74, 6) is 1.29. The average molecular weight is 344 g/mol. The maximum absolute atomic E-state index is 12.1. The predicted octanol–water partition coefficient (Wildman–Crippen LogP) is 3.34. The van der Waals surface area contributed by atoms with Crippen molar-refractivity contribution in [2.75, 3.05) is 6.54 Å². The number of amides is 1. The van der Waals surface area contributed by atoms with Gasteiger partial charge in [-0.15, -0.1) is 0 Å². The van der Waals surface area contributed by atoms with E-state index in [1.807, 2.05) is 24.3 Å². The largest absolute Gasteiger partial charge is 0.481 e. The van der Waals surface area contributed by atoms with Crippen LogP contribution in [0.5, 0.6) is 5.75 Å². The summed E-state index contributed by atoms with van der Waals surface area (Å²) >= 11 is 5.82. The van der Waals surface area contributed by atoms with Gasteiger partial charge in [-0.1, -0.05) is 23.7 Å². The number of H-pyrrole nitrogens is 1. The van der Waals surface area contributed by atoms with Gasteiger partial charge in [0.15, 0.2) is 6.10 Å². The van der Waals surface area contributed by atoms with Crippen molar-refractivity contribution in [3.8, 4) is 5.75 Å². The minimum atomic E-state index is -0.582. The number of benzene rings is 2. The molecule has 6 heteroatoms. The fraction of sp³-hybridized carbons (Fsp3) is 0.222. The summed E-state index contributed by atoms with van der Waals surface area (Å²) in [6, 6.07) is 14.8. The topological polar surface area (TPSA) is 67.0 Å². The first-order valence-electron chi connectivity index (χ1n) is 7.75. The summed E-state index contributed by atoms with van der Waals surface area (Å²) in [6.07, 6.45) is 0.0514. The molecular formula is C18H18ClN3O2. The Balaban J connectivity index is 1.48. The van der Waals surface area contributed by atoms with Crippen molar-refractivity contribution in [1.29, 1.82) is 0 Å². The smallest absolute Gasteiger partial charge is 0.260 e. The molecule has 0 bridgehead atoms. The number of rotatable bonds is 6. The number of halogens is 1. The number of carbonyl (C=O) groups is 1. The number of carbonyl (C=O) groups excluding carboxylic acids is 1. The minimum Gasteiger partial charge on any atom is -0.481 e. The highest BCUT2D eigenvalue weighted by atomic mass is 35.5. The Morgan fingerprint density at radius 2 is 2.00 bits per heavy atom. The number of imidazole rings is 1. The molecule has 24 heavy (non-hydrogen) atoms. The molecule has 3 aromatic rings. The summed E-state index contributed by atoms with van der Waals surface area (Å²) in [5, 5.41) is 3.49. The normalized spacial score (nSPS) is 12.1. The second kappa shape index (κ2) is 7.36. The number of hydrogen-bond acceptors (Lipinski definition) is 3. The lowest BCUT2D eigenvalue weighted by Gasteiger charge is -2.14. The summed E-state index contributed by atoms with van der Waals surface area (Å²) in [5.41, 5.74) is 1.93. The molecule has 1 heterocycles. The lowest BCUT2D eigenvalue weighted by atomic mass is 10.3. The lowest BCUT2D eigenvalue weighted by molar-refractivity contribution is -0.127. The molecule has 0 aliphatic heterocycles. The Kier molecular flexibility index (Phi) is 5.01. The third kappa shape index (κ3) is 4.06. The Labute approximate surface area is 145 Å². The monoisotopic (exact) mass is 343 g/mol. The number of hydrogen-bond donors (Lipinski definition) is 2. The third-order valence-electron chi connectivity index (χ3n) is 3.60. The number of aromatic nitrogens is 2. The van der Waals surface area contributed by atoms with Gasteiger partial charge in [-0.25, -0.2) is 4.98 Å². The maximum Gasteiger partial charge on any atom is 0.260 e. The molecule has 0 aliphatic carbocycles. The van der Waals surface area contributed by atoms with Gasteiger partial charge in [0.2, 0.25) is 0 Å². The predicted molar refractivity (Wildman–Crippen MR) is 94.3 cm³/mol. The van der Waals surface area contributed by atoms with E-state index in [1.54, 1.807) is 31.2 Å². The van der Waals surface area contributed by atoms with Gasteiger partial charge in [-0.2, -0.15) is 0 Å². The lowest BCUT2D eigenvalue weighted by Crippen LogP contribution is -2.37. The van der Waals surface area contributed by atoms with Gasteiger partial charge in [-0.3, -0.25) is 4.79 Å². The quantitative estimate of drug-likeness (QED) is 0.721. The third-order valence-corrected chi connectivity index (χ3v) is 3.85. The van der Waals surface area contributed by atoms with Gasteiger partial charge < -0.3 is 15.0 Å². The van der Waals surface area contributed by atoms with Crippen LogP contribution in [0, 0.1) is 0 Å². The second-order valence-corrected chi connectivity index (χ2v) is 5.89. The highest BCUT2D eigenvalue weighted by molar-refractivity contribution is 6.30. The van der Waals surface area contributed by atoms with E-state index in [1.165, 1.54) is 0 Å². The van der Waals surface area contributed by atoms with E-state index in [2.05, 4.69) is 15.3 Å². The molecule has 1 unspecified atom stereocenters. The van der Waals surface area contributed by atoms with E-state index >= 15 is 0 Å². The first-order valence-corrected chi connectivity index (χ1v) is 8.13. The Morgan fingerprint density at radius 1 is 1.25 bits per heavy atom. The molecule has 0 fully saturated rings. The number of nitrogens with zero attached hydrogens (tertiary/aromatic N) is 1. The van der Waals surface area contributed by atoms with Crippen molar-refractivity contribution in [3.05, 3.63) is 59.4 Å². The van der Waals surface area contributed by atoms with Crippen LogP contribution >= 0.6 is 11.6 Å². The summed E-state index contributed by atoms with van der Waals surface area (Å²) in [7, 11) is 0. The van der Waals surface area contributed by atoms with Crippen LogP contribution in [0.4, 0.5) is 0 Å². The molecule has 0 saturated heterocycles. The molecule has 0 saturated carbocycles. The van der Waals surface area contributed by atoms with E-state index in [0.717, 1.165) is 16.9 Å². The van der Waals surface area contributed by atoms with Crippen LogP contribution in [0.2, 0.25) is 5.02 Å². The number of para-hydroxylation sites is 2. The molecule has 5 nitrogen and oxygen atoms in total. The Bertz CT molecular complexity index is 797. The van der Waals surface area contributed by atoms with Gasteiger partial charge in [0, 0.05) is 18.0 Å². The van der Waals surface area contributed by atoms with Gasteiger partial charge >= 0.3 is 0 Å². The van der Waals surface area contributed by atoms with Crippen molar-refractivity contribution in [1.82, 2.24) is 15.3 Å². The standard InChI is InChI=1S/C18H18ClN3O2/c1-12(24-14-8-6-13(19)7-9-14)18(23)20-11-10-17-21-15-4-2-3-5-16(15)22-17/h2-9,12H,10-11H2,1H3,(H,20,23)(H,21,22). The number of fused-ring (bicyclic) bond motifs is 1. The van der Waals surface area contributed by atoms with E-state index in [4.69, 9.17) is 16.3 Å². The minimum absolute atomic E-state index is 0.166. The molecule has 1 atom stereocenters. The zero-order valence-corrected chi connectivity index (χ0v) is 14.0. The molecule has 0 aliphatic rings. The molecular weight excluding hydrogens is 326 g/mol. The molecule has 1 amide bonds. The van der Waals surface area contributed by atoms with Crippen molar-refractivity contribution >= 4 is 28.5 Å². The van der Waals surface area contributed by atoms with E-state index < -0.39 is 6.10 Å². The zero-order chi connectivity index (χ0) is 16.9. The van der Waals surface area contributed by atoms with Crippen LogP contribution in [-0.4, -0.2) is 28.5 Å². The fourth-order valence-electron chi connectivity index (χ4n) is 2.34. The van der Waals surface area contributed by atoms with Crippen LogP contribution in [0.3, 0.4) is 0 Å². The molecule has 3 rings (SSSR count). The van der Waals surface area contributed by atoms with Crippen LogP contribution in [0.25, 0.3) is 11.0 Å². The molecule has 0 radical (unpaired) electrons. The Hall–Kier alpha value is -2.53. The number of ether oxygens (including phenoxy) is 1. The maximum atomic E-state index is 12.1. The van der Waals surface area contributed by atoms with Crippen molar-refractivity contribution in [3.63, 3.8) is 0 Å². The zero-order valence-electron chi connectivity index (χ0n) is 13.3. The SMILES string of the molecule is CC(Oc1ccc(Cl)cc1)C(=O)NCCc1nc2ccccc2[nH]1. The molecule has 1 aromatic heterocycles. The number of nitrogens with one attached hydrogen (secondary N) is 2. The van der Waals surface area contributed by atoms with E-state index in [9.17, 15) is 4.79 Å². The van der Waals surface area contributed by atoms with Crippen LogP contribution in [0.15, 0.2) is 48.5 Å². The van der Waals surface area contributed by atoms with Gasteiger partial charge in [0.1, 0.15) is 11.6 Å². The number of aromatic amines is 1. The average Bonchev–Trinajstić information content (AvgIpc) is 2.99. The van der Waals surface area contributed by atoms with Crippen LogP contribution < -0.4 is 10.1 Å². The van der Waals surface area contributed by atoms with Crippen molar-refractivity contribution < 1.29 is 9.53 Å². The van der Waals surface area contributed by atoms with Gasteiger partial charge in [-0.05, 0) is 43.3 Å².